The van der Waals surface area contributed by atoms with Gasteiger partial charge in [-0.15, -0.1) is 10.2 Å². The number of para-hydroxylation sites is 1. The average molecular weight is 458 g/mol. The Labute approximate surface area is 190 Å². The van der Waals surface area contributed by atoms with Crippen LogP contribution in [0.1, 0.15) is 43.3 Å². The molecule has 0 radical (unpaired) electrons. The molecule has 1 aliphatic rings. The number of nitrogens with zero attached hydrogens (tertiary/aromatic N) is 3. The summed E-state index contributed by atoms with van der Waals surface area (Å²) >= 11 is 9.11. The van der Waals surface area contributed by atoms with Gasteiger partial charge in [-0.1, -0.05) is 72.0 Å². The van der Waals surface area contributed by atoms with Crippen LogP contribution in [0, 0.1) is 6.92 Å². The number of fused-ring (bicyclic) bond motifs is 1. The van der Waals surface area contributed by atoms with E-state index in [4.69, 9.17) is 11.6 Å². The Hall–Kier alpha value is -1.89. The Morgan fingerprint density at radius 2 is 1.83 bits per heavy atom. The first-order chi connectivity index (χ1) is 14.2. The molecule has 0 aliphatic carbocycles. The van der Waals surface area contributed by atoms with E-state index in [0.717, 1.165) is 32.0 Å². The molecule has 3 aromatic rings. The molecule has 1 aromatic heterocycles. The first-order valence-electron chi connectivity index (χ1n) is 9.82. The van der Waals surface area contributed by atoms with E-state index in [9.17, 15) is 4.79 Å². The van der Waals surface area contributed by atoms with Crippen LogP contribution in [-0.4, -0.2) is 27.4 Å². The van der Waals surface area contributed by atoms with Gasteiger partial charge in [0.25, 0.3) is 0 Å². The van der Waals surface area contributed by atoms with Gasteiger partial charge in [0.05, 0.1) is 5.75 Å². The maximum atomic E-state index is 13.4. The molecule has 2 heterocycles. The Morgan fingerprint density at radius 1 is 1.13 bits per heavy atom. The van der Waals surface area contributed by atoms with E-state index in [2.05, 4.69) is 55.2 Å². The highest BCUT2D eigenvalue weighted by atomic mass is 35.5. The molecular weight excluding hydrogens is 434 g/mol. The van der Waals surface area contributed by atoms with Crippen molar-refractivity contribution < 1.29 is 4.79 Å². The molecule has 0 saturated heterocycles. The number of hydrogen-bond acceptors (Lipinski definition) is 5. The van der Waals surface area contributed by atoms with E-state index in [-0.39, 0.29) is 16.9 Å². The fourth-order valence-corrected chi connectivity index (χ4v) is 6.36. The predicted molar refractivity (Wildman–Crippen MR) is 126 cm³/mol. The van der Waals surface area contributed by atoms with Crippen molar-refractivity contribution >= 4 is 46.3 Å². The van der Waals surface area contributed by atoms with Crippen LogP contribution in [0.3, 0.4) is 0 Å². The van der Waals surface area contributed by atoms with Crippen LogP contribution in [0.15, 0.2) is 52.9 Å². The van der Waals surface area contributed by atoms with Crippen molar-refractivity contribution in [2.45, 2.75) is 49.4 Å². The van der Waals surface area contributed by atoms with Gasteiger partial charge in [-0.2, -0.15) is 0 Å². The number of carbonyl (C=O) groups excluding carboxylic acids is 1. The number of halogens is 1. The molecular formula is C23H24ClN3OS2. The summed E-state index contributed by atoms with van der Waals surface area (Å²) in [7, 11) is 0. The summed E-state index contributed by atoms with van der Waals surface area (Å²) in [4.78, 5) is 15.4. The molecule has 7 heteroatoms. The third-order valence-electron chi connectivity index (χ3n) is 5.69. The monoisotopic (exact) mass is 457 g/mol. The Bertz CT molecular complexity index is 1080. The fraction of sp³-hybridized carbons (Fsp3) is 0.348. The number of rotatable bonds is 4. The van der Waals surface area contributed by atoms with Gasteiger partial charge in [-0.3, -0.25) is 4.79 Å². The highest BCUT2D eigenvalue weighted by Crippen LogP contribution is 2.50. The summed E-state index contributed by atoms with van der Waals surface area (Å²) in [5, 5.41) is 9.81. The molecule has 0 unspecified atom stereocenters. The van der Waals surface area contributed by atoms with Crippen molar-refractivity contribution in [2.24, 2.45) is 0 Å². The van der Waals surface area contributed by atoms with E-state index in [1.165, 1.54) is 28.7 Å². The van der Waals surface area contributed by atoms with E-state index in [1.54, 1.807) is 0 Å². The molecule has 2 aromatic carbocycles. The normalized spacial score (nSPS) is 20.1. The number of thioether (sulfide) groups is 1. The van der Waals surface area contributed by atoms with Crippen molar-refractivity contribution in [1.29, 1.82) is 0 Å². The minimum Gasteiger partial charge on any atom is -0.306 e. The number of anilines is 1. The number of aryl methyl sites for hydroxylation is 1. The second kappa shape index (κ2) is 7.98. The number of amides is 1. The second-order valence-corrected chi connectivity index (χ2v) is 11.3. The van der Waals surface area contributed by atoms with Crippen molar-refractivity contribution in [3.8, 4) is 0 Å². The minimum absolute atomic E-state index is 0.0865. The summed E-state index contributed by atoms with van der Waals surface area (Å²) in [6.45, 7) is 8.48. The molecule has 30 heavy (non-hydrogen) atoms. The predicted octanol–water partition coefficient (Wildman–Crippen LogP) is 6.11. The van der Waals surface area contributed by atoms with Crippen LogP contribution in [0.4, 0.5) is 5.69 Å². The molecule has 4 rings (SSSR count). The molecule has 0 N–H and O–H groups in total. The van der Waals surface area contributed by atoms with E-state index >= 15 is 0 Å². The Morgan fingerprint density at radius 3 is 2.50 bits per heavy atom. The van der Waals surface area contributed by atoms with Gasteiger partial charge in [-0.25, -0.2) is 0 Å². The highest BCUT2D eigenvalue weighted by Gasteiger charge is 2.47. The lowest BCUT2D eigenvalue weighted by Gasteiger charge is -2.51. The SMILES string of the molecule is Cc1nnc(SCC(=O)N2c3ccccc3[C@@](C)(c3ccc(Cl)cc3)CC2(C)C)s1. The van der Waals surface area contributed by atoms with Crippen LogP contribution >= 0.6 is 34.7 Å². The molecule has 1 atom stereocenters. The third-order valence-corrected chi connectivity index (χ3v) is 7.90. The molecule has 1 aliphatic heterocycles. The lowest BCUT2D eigenvalue weighted by Crippen LogP contribution is -2.56. The van der Waals surface area contributed by atoms with Crippen LogP contribution in [0.25, 0.3) is 0 Å². The zero-order chi connectivity index (χ0) is 21.5. The largest absolute Gasteiger partial charge is 0.306 e. The van der Waals surface area contributed by atoms with Crippen molar-refractivity contribution in [3.05, 3.63) is 69.7 Å². The Balaban J connectivity index is 1.71. The zero-order valence-electron chi connectivity index (χ0n) is 17.5. The Kier molecular flexibility index (Phi) is 5.68. The van der Waals surface area contributed by atoms with E-state index < -0.39 is 0 Å². The van der Waals surface area contributed by atoms with Crippen LogP contribution in [0.2, 0.25) is 5.02 Å². The zero-order valence-corrected chi connectivity index (χ0v) is 19.9. The van der Waals surface area contributed by atoms with Crippen LogP contribution < -0.4 is 4.90 Å². The summed E-state index contributed by atoms with van der Waals surface area (Å²) in [6, 6.07) is 16.3. The smallest absolute Gasteiger partial charge is 0.237 e. The molecule has 1 amide bonds. The molecule has 0 bridgehead atoms. The van der Waals surface area contributed by atoms with Crippen molar-refractivity contribution in [3.63, 3.8) is 0 Å². The third kappa shape index (κ3) is 3.88. The van der Waals surface area contributed by atoms with E-state index in [1.807, 2.05) is 36.1 Å². The van der Waals surface area contributed by atoms with E-state index in [0.29, 0.717) is 5.75 Å². The molecule has 0 fully saturated rings. The average Bonchev–Trinajstić information content (AvgIpc) is 3.11. The summed E-state index contributed by atoms with van der Waals surface area (Å²) < 4.78 is 0.829. The quantitative estimate of drug-likeness (QED) is 0.443. The first kappa shape index (κ1) is 21.3. The van der Waals surface area contributed by atoms with Gasteiger partial charge in [0, 0.05) is 21.7 Å². The number of carbonyl (C=O) groups is 1. The van der Waals surface area contributed by atoms with Gasteiger partial charge in [0.1, 0.15) is 5.01 Å². The molecule has 0 saturated carbocycles. The summed E-state index contributed by atoms with van der Waals surface area (Å²) in [5.41, 5.74) is 2.78. The highest BCUT2D eigenvalue weighted by molar-refractivity contribution is 8.01. The first-order valence-corrected chi connectivity index (χ1v) is 12.0. The number of aromatic nitrogens is 2. The lowest BCUT2D eigenvalue weighted by molar-refractivity contribution is -0.117. The maximum Gasteiger partial charge on any atom is 0.237 e. The molecule has 4 nitrogen and oxygen atoms in total. The van der Waals surface area contributed by atoms with Gasteiger partial charge in [0.15, 0.2) is 4.34 Å². The lowest BCUT2D eigenvalue weighted by atomic mass is 9.65. The number of hydrogen-bond donors (Lipinski definition) is 0. The fourth-order valence-electron chi connectivity index (χ4n) is 4.57. The van der Waals surface area contributed by atoms with Crippen molar-refractivity contribution in [2.75, 3.05) is 10.7 Å². The van der Waals surface area contributed by atoms with Crippen LogP contribution in [0.5, 0.6) is 0 Å². The van der Waals surface area contributed by atoms with Gasteiger partial charge < -0.3 is 4.90 Å². The van der Waals surface area contributed by atoms with Gasteiger partial charge in [0.2, 0.25) is 5.91 Å². The standard InChI is InChI=1S/C23H24ClN3OS2/c1-15-25-26-21(30-15)29-13-20(28)27-19-8-6-5-7-18(19)23(4,14-22(27,2)3)16-9-11-17(24)12-10-16/h5-12H,13-14H2,1-4H3/t23-/m1/s1. The number of benzene rings is 2. The molecule has 156 valence electrons. The summed E-state index contributed by atoms with van der Waals surface area (Å²) in [6.07, 6.45) is 0.812. The molecule has 0 spiro atoms. The van der Waals surface area contributed by atoms with Crippen molar-refractivity contribution in [1.82, 2.24) is 10.2 Å². The minimum atomic E-state index is -0.350. The topological polar surface area (TPSA) is 46.1 Å². The maximum absolute atomic E-state index is 13.4. The van der Waals surface area contributed by atoms with Gasteiger partial charge >= 0.3 is 0 Å². The van der Waals surface area contributed by atoms with Gasteiger partial charge in [-0.05, 0) is 56.5 Å². The van der Waals surface area contributed by atoms with Crippen LogP contribution in [-0.2, 0) is 10.2 Å². The second-order valence-electron chi connectivity index (χ2n) is 8.45. The summed E-state index contributed by atoms with van der Waals surface area (Å²) in [5.74, 6) is 0.424.